The predicted octanol–water partition coefficient (Wildman–Crippen LogP) is 2.66. The van der Waals surface area contributed by atoms with Crippen molar-refractivity contribution < 1.29 is 22.1 Å². The van der Waals surface area contributed by atoms with Crippen molar-refractivity contribution in [2.24, 2.45) is 0 Å². The van der Waals surface area contributed by atoms with Crippen LogP contribution in [-0.4, -0.2) is 36.5 Å². The Balaban J connectivity index is 1.95. The van der Waals surface area contributed by atoms with E-state index in [1.165, 1.54) is 23.5 Å². The summed E-state index contributed by atoms with van der Waals surface area (Å²) in [6.45, 7) is 0.531. The van der Waals surface area contributed by atoms with Crippen molar-refractivity contribution in [3.63, 3.8) is 0 Å². The average Bonchev–Trinajstić information content (AvgIpc) is 2.90. The number of sulfonamides is 1. The van der Waals surface area contributed by atoms with Crippen LogP contribution in [0.15, 0.2) is 33.7 Å². The predicted molar refractivity (Wildman–Crippen MR) is 86.5 cm³/mol. The Bertz CT molecular complexity index is 807. The summed E-state index contributed by atoms with van der Waals surface area (Å²) in [6, 6.07) is 4.33. The maximum absolute atomic E-state index is 13.1. The van der Waals surface area contributed by atoms with Gasteiger partial charge in [0.25, 0.3) is 5.89 Å². The molecule has 0 spiro atoms. The fourth-order valence-electron chi connectivity index (χ4n) is 2.95. The summed E-state index contributed by atoms with van der Waals surface area (Å²) in [5.41, 5.74) is 0. The second-order valence-electron chi connectivity index (χ2n) is 5.91. The fraction of sp³-hybridized carbons (Fsp3) is 0.500. The lowest BCUT2D eigenvalue weighted by Gasteiger charge is -2.26. The zero-order chi connectivity index (χ0) is 17.9. The number of nitrogens with zero attached hydrogens (tertiary/aromatic N) is 3. The van der Waals surface area contributed by atoms with E-state index in [2.05, 4.69) is 10.1 Å². The number of methoxy groups -OCH3 is 1. The molecule has 0 aliphatic carbocycles. The molecular formula is C16H20FN3O4S. The summed E-state index contributed by atoms with van der Waals surface area (Å²) in [5.74, 6) is 0.161. The number of halogens is 1. The molecule has 1 aromatic heterocycles. The second-order valence-corrected chi connectivity index (χ2v) is 7.80. The molecule has 2 aromatic rings. The number of benzene rings is 1. The van der Waals surface area contributed by atoms with E-state index < -0.39 is 21.9 Å². The van der Waals surface area contributed by atoms with Gasteiger partial charge >= 0.3 is 0 Å². The van der Waals surface area contributed by atoms with Gasteiger partial charge in [0.1, 0.15) is 12.4 Å². The minimum Gasteiger partial charge on any atom is -0.375 e. The minimum absolute atomic E-state index is 0.0569. The van der Waals surface area contributed by atoms with Gasteiger partial charge in [-0.15, -0.1) is 0 Å². The third-order valence-corrected chi connectivity index (χ3v) is 6.10. The molecule has 1 atom stereocenters. The molecule has 1 saturated heterocycles. The van der Waals surface area contributed by atoms with Crippen LogP contribution >= 0.6 is 0 Å². The van der Waals surface area contributed by atoms with Crippen LogP contribution in [-0.2, 0) is 21.4 Å². The van der Waals surface area contributed by atoms with Gasteiger partial charge in [0.05, 0.1) is 10.9 Å². The first-order valence-electron chi connectivity index (χ1n) is 8.11. The Morgan fingerprint density at radius 1 is 1.28 bits per heavy atom. The lowest BCUT2D eigenvalue weighted by atomic mass is 10.1. The topological polar surface area (TPSA) is 85.5 Å². The number of ether oxygens (including phenoxy) is 1. The van der Waals surface area contributed by atoms with Crippen LogP contribution in [0.4, 0.5) is 4.39 Å². The highest BCUT2D eigenvalue weighted by Gasteiger charge is 2.36. The Morgan fingerprint density at radius 2 is 2.04 bits per heavy atom. The van der Waals surface area contributed by atoms with Crippen LogP contribution in [0.2, 0.25) is 0 Å². The van der Waals surface area contributed by atoms with E-state index in [9.17, 15) is 12.8 Å². The van der Waals surface area contributed by atoms with Gasteiger partial charge in [0.15, 0.2) is 5.82 Å². The number of aromatic nitrogens is 2. The molecule has 0 N–H and O–H groups in total. The maximum atomic E-state index is 13.1. The Kier molecular flexibility index (Phi) is 5.45. The molecule has 1 aliphatic heterocycles. The number of rotatable bonds is 5. The third kappa shape index (κ3) is 3.88. The van der Waals surface area contributed by atoms with Crippen LogP contribution in [0.3, 0.4) is 0 Å². The number of hydrogen-bond acceptors (Lipinski definition) is 6. The standard InChI is InChI=1S/C16H20FN3O4S/c1-23-11-15-18-16(19-24-15)14-5-3-2-4-10-20(14)25(21,22)13-8-6-12(17)7-9-13/h6-9,14H,2-5,10-11H2,1H3. The van der Waals surface area contributed by atoms with Crippen LogP contribution in [0, 0.1) is 5.82 Å². The van der Waals surface area contributed by atoms with Crippen LogP contribution in [0.1, 0.15) is 43.4 Å². The molecule has 25 heavy (non-hydrogen) atoms. The van der Waals surface area contributed by atoms with Crippen molar-refractivity contribution in [2.45, 2.75) is 43.2 Å². The molecule has 0 amide bonds. The summed E-state index contributed by atoms with van der Waals surface area (Å²) >= 11 is 0. The van der Waals surface area contributed by atoms with Gasteiger partial charge in [-0.3, -0.25) is 0 Å². The van der Waals surface area contributed by atoms with Gasteiger partial charge in [-0.05, 0) is 37.1 Å². The highest BCUT2D eigenvalue weighted by atomic mass is 32.2. The Morgan fingerprint density at radius 3 is 2.76 bits per heavy atom. The largest absolute Gasteiger partial charge is 0.375 e. The zero-order valence-corrected chi connectivity index (χ0v) is 14.7. The van der Waals surface area contributed by atoms with Gasteiger partial charge < -0.3 is 9.26 Å². The van der Waals surface area contributed by atoms with Gasteiger partial charge in [-0.25, -0.2) is 12.8 Å². The van der Waals surface area contributed by atoms with E-state index in [1.807, 2.05) is 0 Å². The van der Waals surface area contributed by atoms with E-state index in [0.29, 0.717) is 24.7 Å². The lowest BCUT2D eigenvalue weighted by Crippen LogP contribution is -2.35. The third-order valence-electron chi connectivity index (χ3n) is 4.17. The maximum Gasteiger partial charge on any atom is 0.252 e. The van der Waals surface area contributed by atoms with E-state index in [1.54, 1.807) is 0 Å². The summed E-state index contributed by atoms with van der Waals surface area (Å²) in [4.78, 5) is 4.32. The molecule has 1 fully saturated rings. The molecule has 1 aromatic carbocycles. The van der Waals surface area contributed by atoms with Crippen LogP contribution in [0.5, 0.6) is 0 Å². The normalized spacial score (nSPS) is 19.7. The van der Waals surface area contributed by atoms with Crippen molar-refractivity contribution >= 4 is 10.0 Å². The highest BCUT2D eigenvalue weighted by molar-refractivity contribution is 7.89. The van der Waals surface area contributed by atoms with Crippen molar-refractivity contribution in [2.75, 3.05) is 13.7 Å². The molecule has 7 nitrogen and oxygen atoms in total. The van der Waals surface area contributed by atoms with Crippen molar-refractivity contribution in [3.8, 4) is 0 Å². The zero-order valence-electron chi connectivity index (χ0n) is 13.9. The summed E-state index contributed by atoms with van der Waals surface area (Å²) < 4.78 is 50.8. The van der Waals surface area contributed by atoms with Crippen LogP contribution < -0.4 is 0 Å². The van der Waals surface area contributed by atoms with Crippen LogP contribution in [0.25, 0.3) is 0 Å². The Labute approximate surface area is 145 Å². The van der Waals surface area contributed by atoms with E-state index in [-0.39, 0.29) is 11.5 Å². The van der Waals surface area contributed by atoms with E-state index in [4.69, 9.17) is 9.26 Å². The quantitative estimate of drug-likeness (QED) is 0.805. The van der Waals surface area contributed by atoms with Crippen molar-refractivity contribution in [3.05, 3.63) is 41.8 Å². The van der Waals surface area contributed by atoms with Crippen molar-refractivity contribution in [1.82, 2.24) is 14.4 Å². The molecule has 136 valence electrons. The highest BCUT2D eigenvalue weighted by Crippen LogP contribution is 2.33. The van der Waals surface area contributed by atoms with Gasteiger partial charge in [0.2, 0.25) is 10.0 Å². The monoisotopic (exact) mass is 369 g/mol. The average molecular weight is 369 g/mol. The Hall–Kier alpha value is -1.84. The molecule has 3 rings (SSSR count). The van der Waals surface area contributed by atoms with Gasteiger partial charge in [-0.1, -0.05) is 18.0 Å². The molecule has 0 saturated carbocycles. The lowest BCUT2D eigenvalue weighted by molar-refractivity contribution is 0.151. The summed E-state index contributed by atoms with van der Waals surface area (Å²) in [7, 11) is -2.27. The molecule has 0 radical (unpaired) electrons. The number of hydrogen-bond donors (Lipinski definition) is 0. The van der Waals surface area contributed by atoms with Gasteiger partial charge in [-0.2, -0.15) is 9.29 Å². The second kappa shape index (κ2) is 7.59. The molecule has 2 heterocycles. The smallest absolute Gasteiger partial charge is 0.252 e. The molecular weight excluding hydrogens is 349 g/mol. The summed E-state index contributed by atoms with van der Waals surface area (Å²) in [5, 5.41) is 3.94. The van der Waals surface area contributed by atoms with Crippen molar-refractivity contribution in [1.29, 1.82) is 0 Å². The molecule has 0 bridgehead atoms. The van der Waals surface area contributed by atoms with Gasteiger partial charge in [0, 0.05) is 13.7 Å². The first-order valence-corrected chi connectivity index (χ1v) is 9.55. The van der Waals surface area contributed by atoms with E-state index in [0.717, 1.165) is 31.4 Å². The molecule has 1 unspecified atom stereocenters. The van der Waals surface area contributed by atoms with E-state index >= 15 is 0 Å². The minimum atomic E-state index is -3.79. The fourth-order valence-corrected chi connectivity index (χ4v) is 4.61. The molecule has 1 aliphatic rings. The molecule has 9 heteroatoms. The SMILES string of the molecule is COCc1nc(C2CCCCCN2S(=O)(=O)c2ccc(F)cc2)no1. The summed E-state index contributed by atoms with van der Waals surface area (Å²) in [6.07, 6.45) is 3.15. The first-order chi connectivity index (χ1) is 12.0. The first kappa shape index (κ1) is 18.0.